The molecule has 0 aromatic heterocycles. The van der Waals surface area contributed by atoms with Gasteiger partial charge in [0.15, 0.2) is 0 Å². The van der Waals surface area contributed by atoms with E-state index in [4.69, 9.17) is 5.11 Å². The number of aliphatic hydroxyl groups is 1. The van der Waals surface area contributed by atoms with E-state index in [1.165, 1.54) is 0 Å². The highest BCUT2D eigenvalue weighted by Gasteiger charge is 2.25. The van der Waals surface area contributed by atoms with E-state index in [0.717, 1.165) is 17.8 Å². The van der Waals surface area contributed by atoms with E-state index < -0.39 is 5.54 Å². The third-order valence-corrected chi connectivity index (χ3v) is 2.58. The lowest BCUT2D eigenvalue weighted by atomic mass is 10.0. The summed E-state index contributed by atoms with van der Waals surface area (Å²) in [6, 6.07) is 7.14. The van der Waals surface area contributed by atoms with Crippen molar-refractivity contribution >= 4 is 11.6 Å². The van der Waals surface area contributed by atoms with Crippen LogP contribution in [0.1, 0.15) is 26.3 Å². The van der Waals surface area contributed by atoms with E-state index >= 15 is 0 Å². The number of likely N-dealkylation sites (N-methyl/N-ethyl adjacent to an activating group) is 1. The first-order chi connectivity index (χ1) is 7.99. The maximum Gasteiger partial charge on any atom is 0.244 e. The fourth-order valence-electron chi connectivity index (χ4n) is 1.50. The van der Waals surface area contributed by atoms with Crippen molar-refractivity contribution in [2.24, 2.45) is 0 Å². The first-order valence-electron chi connectivity index (χ1n) is 5.76. The summed E-state index contributed by atoms with van der Waals surface area (Å²) in [7, 11) is 0. The van der Waals surface area contributed by atoms with Gasteiger partial charge in [-0.05, 0) is 38.1 Å². The van der Waals surface area contributed by atoms with E-state index in [-0.39, 0.29) is 12.5 Å². The fraction of sp³-hybridized carbons (Fsp3) is 0.462. The maximum absolute atomic E-state index is 12.0. The van der Waals surface area contributed by atoms with Gasteiger partial charge in [-0.25, -0.2) is 0 Å². The minimum Gasteiger partial charge on any atom is -0.392 e. The Morgan fingerprint density at radius 3 is 2.35 bits per heavy atom. The van der Waals surface area contributed by atoms with Gasteiger partial charge in [0.2, 0.25) is 5.91 Å². The van der Waals surface area contributed by atoms with Crippen molar-refractivity contribution in [1.82, 2.24) is 5.32 Å². The first-order valence-corrected chi connectivity index (χ1v) is 5.76. The third-order valence-electron chi connectivity index (χ3n) is 2.58. The Morgan fingerprint density at radius 2 is 1.88 bits per heavy atom. The highest BCUT2D eigenvalue weighted by Crippen LogP contribution is 2.12. The van der Waals surface area contributed by atoms with Gasteiger partial charge in [0.25, 0.3) is 0 Å². The molecule has 0 saturated carbocycles. The second-order valence-corrected chi connectivity index (χ2v) is 4.46. The Bertz CT molecular complexity index is 372. The Morgan fingerprint density at radius 1 is 1.29 bits per heavy atom. The minimum atomic E-state index is -0.593. The van der Waals surface area contributed by atoms with Crippen LogP contribution in [0.4, 0.5) is 5.69 Å². The van der Waals surface area contributed by atoms with Crippen LogP contribution in [0.2, 0.25) is 0 Å². The average molecular weight is 236 g/mol. The molecule has 1 rings (SSSR count). The number of hydrogen-bond donors (Lipinski definition) is 3. The van der Waals surface area contributed by atoms with E-state index in [0.29, 0.717) is 0 Å². The van der Waals surface area contributed by atoms with Crippen LogP contribution in [0.3, 0.4) is 0 Å². The number of carbonyl (C=O) groups is 1. The second-order valence-electron chi connectivity index (χ2n) is 4.46. The second kappa shape index (κ2) is 5.80. The zero-order chi connectivity index (χ0) is 12.9. The number of carbonyl (C=O) groups excluding carboxylic acids is 1. The summed E-state index contributed by atoms with van der Waals surface area (Å²) in [5, 5.41) is 14.9. The molecule has 0 radical (unpaired) electrons. The molecule has 17 heavy (non-hydrogen) atoms. The first kappa shape index (κ1) is 13.7. The molecule has 1 aromatic carbocycles. The van der Waals surface area contributed by atoms with Gasteiger partial charge in [0.05, 0.1) is 12.1 Å². The monoisotopic (exact) mass is 236 g/mol. The topological polar surface area (TPSA) is 61.4 Å². The van der Waals surface area contributed by atoms with E-state index in [1.807, 2.05) is 20.8 Å². The summed E-state index contributed by atoms with van der Waals surface area (Å²) in [4.78, 5) is 12.0. The molecule has 0 atom stereocenters. The summed E-state index contributed by atoms with van der Waals surface area (Å²) in [6.07, 6.45) is 0. The van der Waals surface area contributed by atoms with Crippen LogP contribution in [-0.2, 0) is 11.4 Å². The lowest BCUT2D eigenvalue weighted by Gasteiger charge is -2.24. The molecule has 0 unspecified atom stereocenters. The quantitative estimate of drug-likeness (QED) is 0.726. The standard InChI is InChI=1S/C13H20N2O2/c1-4-14-13(2,3)12(17)15-11-7-5-10(9-16)6-8-11/h5-8,14,16H,4,9H2,1-3H3,(H,15,17). The molecular weight excluding hydrogens is 216 g/mol. The molecule has 0 aliphatic rings. The minimum absolute atomic E-state index is 0.0110. The lowest BCUT2D eigenvalue weighted by molar-refractivity contribution is -0.121. The van der Waals surface area contributed by atoms with Gasteiger partial charge >= 0.3 is 0 Å². The van der Waals surface area contributed by atoms with Crippen molar-refractivity contribution in [2.75, 3.05) is 11.9 Å². The van der Waals surface area contributed by atoms with E-state index in [2.05, 4.69) is 10.6 Å². The average Bonchev–Trinajstić information content (AvgIpc) is 2.30. The Kier molecular flexibility index (Phi) is 4.66. The summed E-state index contributed by atoms with van der Waals surface area (Å²) >= 11 is 0. The largest absolute Gasteiger partial charge is 0.392 e. The van der Waals surface area contributed by atoms with Crippen LogP contribution in [-0.4, -0.2) is 23.1 Å². The normalized spacial score (nSPS) is 11.3. The van der Waals surface area contributed by atoms with Gasteiger partial charge in [0, 0.05) is 5.69 Å². The van der Waals surface area contributed by atoms with Crippen molar-refractivity contribution in [3.05, 3.63) is 29.8 Å². The molecule has 0 aliphatic carbocycles. The predicted molar refractivity (Wildman–Crippen MR) is 68.8 cm³/mol. The van der Waals surface area contributed by atoms with Crippen LogP contribution in [0.5, 0.6) is 0 Å². The molecule has 1 amide bonds. The number of amides is 1. The molecule has 0 heterocycles. The molecule has 3 N–H and O–H groups in total. The fourth-order valence-corrected chi connectivity index (χ4v) is 1.50. The number of benzene rings is 1. The van der Waals surface area contributed by atoms with Gasteiger partial charge in [-0.15, -0.1) is 0 Å². The van der Waals surface area contributed by atoms with Crippen molar-refractivity contribution in [1.29, 1.82) is 0 Å². The van der Waals surface area contributed by atoms with Gasteiger partial charge < -0.3 is 15.7 Å². The van der Waals surface area contributed by atoms with Gasteiger partial charge in [-0.3, -0.25) is 4.79 Å². The number of anilines is 1. The summed E-state index contributed by atoms with van der Waals surface area (Å²) < 4.78 is 0. The Balaban J connectivity index is 2.67. The zero-order valence-corrected chi connectivity index (χ0v) is 10.6. The molecule has 4 heteroatoms. The molecule has 94 valence electrons. The smallest absolute Gasteiger partial charge is 0.244 e. The summed E-state index contributed by atoms with van der Waals surface area (Å²) in [5.41, 5.74) is 0.969. The van der Waals surface area contributed by atoms with Crippen LogP contribution in [0.25, 0.3) is 0 Å². The molecular formula is C13H20N2O2. The Hall–Kier alpha value is -1.39. The third kappa shape index (κ3) is 3.84. The van der Waals surface area contributed by atoms with Crippen LogP contribution in [0.15, 0.2) is 24.3 Å². The number of hydrogen-bond acceptors (Lipinski definition) is 3. The van der Waals surface area contributed by atoms with Crippen molar-refractivity contribution in [3.8, 4) is 0 Å². The van der Waals surface area contributed by atoms with Gasteiger partial charge in [-0.2, -0.15) is 0 Å². The van der Waals surface area contributed by atoms with Crippen molar-refractivity contribution < 1.29 is 9.90 Å². The number of nitrogens with one attached hydrogen (secondary N) is 2. The highest BCUT2D eigenvalue weighted by molar-refractivity contribution is 5.97. The SMILES string of the molecule is CCNC(C)(C)C(=O)Nc1ccc(CO)cc1. The molecule has 4 nitrogen and oxygen atoms in total. The van der Waals surface area contributed by atoms with E-state index in [9.17, 15) is 4.79 Å². The number of aliphatic hydroxyl groups excluding tert-OH is 1. The van der Waals surface area contributed by atoms with Crippen molar-refractivity contribution in [3.63, 3.8) is 0 Å². The Labute approximate surface area is 102 Å². The summed E-state index contributed by atoms with van der Waals surface area (Å²) in [5.74, 6) is -0.0731. The van der Waals surface area contributed by atoms with Gasteiger partial charge in [-0.1, -0.05) is 19.1 Å². The van der Waals surface area contributed by atoms with E-state index in [1.54, 1.807) is 24.3 Å². The maximum atomic E-state index is 12.0. The summed E-state index contributed by atoms with van der Waals surface area (Å²) in [6.45, 7) is 6.40. The highest BCUT2D eigenvalue weighted by atomic mass is 16.3. The molecule has 0 spiro atoms. The molecule has 0 fully saturated rings. The number of rotatable bonds is 5. The molecule has 0 aliphatic heterocycles. The molecule has 0 bridgehead atoms. The van der Waals surface area contributed by atoms with Gasteiger partial charge in [0.1, 0.15) is 0 Å². The zero-order valence-electron chi connectivity index (χ0n) is 10.6. The van der Waals surface area contributed by atoms with Crippen molar-refractivity contribution in [2.45, 2.75) is 32.9 Å². The van der Waals surface area contributed by atoms with Crippen LogP contribution < -0.4 is 10.6 Å². The molecule has 0 saturated heterocycles. The lowest BCUT2D eigenvalue weighted by Crippen LogP contribution is -2.49. The van der Waals surface area contributed by atoms with Crippen LogP contribution in [0, 0.1) is 0 Å². The molecule has 1 aromatic rings. The predicted octanol–water partition coefficient (Wildman–Crippen LogP) is 1.51. The van der Waals surface area contributed by atoms with Crippen LogP contribution >= 0.6 is 0 Å².